The van der Waals surface area contributed by atoms with Crippen LogP contribution < -0.4 is 0 Å². The first kappa shape index (κ1) is 20.4. The molecule has 2 heterocycles. The van der Waals surface area contributed by atoms with Crippen molar-refractivity contribution in [2.24, 2.45) is 0 Å². The van der Waals surface area contributed by atoms with E-state index in [0.717, 1.165) is 5.69 Å². The number of ether oxygens (including phenoxy) is 1. The standard InChI is InChI=1S/C21H16N4O5S/c1-29-20(26)18-12-11-17(30-18)13-31-21-23-22-19(24(21)15-5-3-2-4-6-15)14-7-9-16(10-8-14)25(27)28/h2-12H,13H2,1H3. The van der Waals surface area contributed by atoms with Crippen molar-refractivity contribution in [1.29, 1.82) is 0 Å². The van der Waals surface area contributed by atoms with Gasteiger partial charge in [0.15, 0.2) is 11.0 Å². The molecule has 0 atom stereocenters. The maximum absolute atomic E-state index is 11.6. The van der Waals surface area contributed by atoms with E-state index in [9.17, 15) is 14.9 Å². The van der Waals surface area contributed by atoms with Crippen molar-refractivity contribution >= 4 is 23.4 Å². The van der Waals surface area contributed by atoms with Crippen molar-refractivity contribution in [1.82, 2.24) is 14.8 Å². The number of hydrogen-bond acceptors (Lipinski definition) is 8. The number of hydrogen-bond donors (Lipinski definition) is 0. The van der Waals surface area contributed by atoms with Gasteiger partial charge in [0.1, 0.15) is 5.76 Å². The quantitative estimate of drug-likeness (QED) is 0.180. The molecule has 9 nitrogen and oxygen atoms in total. The molecule has 2 aromatic carbocycles. The number of furan rings is 1. The van der Waals surface area contributed by atoms with E-state index in [0.29, 0.717) is 28.1 Å². The average molecular weight is 436 g/mol. The molecule has 0 aliphatic rings. The molecule has 0 fully saturated rings. The predicted octanol–water partition coefficient (Wildman–Crippen LogP) is 4.51. The number of carbonyl (C=O) groups excluding carboxylic acids is 1. The van der Waals surface area contributed by atoms with Crippen LogP contribution in [0.25, 0.3) is 17.1 Å². The molecular formula is C21H16N4O5S. The van der Waals surface area contributed by atoms with E-state index < -0.39 is 10.9 Å². The Kier molecular flexibility index (Phi) is 5.80. The summed E-state index contributed by atoms with van der Waals surface area (Å²) in [5.41, 5.74) is 1.54. The van der Waals surface area contributed by atoms with Gasteiger partial charge >= 0.3 is 5.97 Å². The number of non-ortho nitro benzene ring substituents is 1. The minimum Gasteiger partial charge on any atom is -0.463 e. The van der Waals surface area contributed by atoms with Crippen LogP contribution in [0.3, 0.4) is 0 Å². The summed E-state index contributed by atoms with van der Waals surface area (Å²) >= 11 is 1.39. The molecule has 0 saturated carbocycles. The highest BCUT2D eigenvalue weighted by molar-refractivity contribution is 7.98. The van der Waals surface area contributed by atoms with Crippen LogP contribution in [-0.4, -0.2) is 32.8 Å². The molecule has 0 radical (unpaired) electrons. The van der Waals surface area contributed by atoms with Gasteiger partial charge in [-0.2, -0.15) is 0 Å². The molecule has 0 N–H and O–H groups in total. The second-order valence-corrected chi connectivity index (χ2v) is 7.27. The van der Waals surface area contributed by atoms with Crippen LogP contribution in [0.1, 0.15) is 16.3 Å². The normalized spacial score (nSPS) is 10.7. The Morgan fingerprint density at radius 2 is 1.84 bits per heavy atom. The maximum atomic E-state index is 11.6. The summed E-state index contributed by atoms with van der Waals surface area (Å²) in [4.78, 5) is 22.1. The largest absolute Gasteiger partial charge is 0.463 e. The van der Waals surface area contributed by atoms with Crippen LogP contribution in [0.2, 0.25) is 0 Å². The number of carbonyl (C=O) groups is 1. The van der Waals surface area contributed by atoms with Crippen molar-refractivity contribution in [2.75, 3.05) is 7.11 Å². The number of nitro benzene ring substituents is 1. The molecule has 0 bridgehead atoms. The van der Waals surface area contributed by atoms with E-state index in [1.807, 2.05) is 34.9 Å². The molecule has 0 aliphatic carbocycles. The Labute approximate surface area is 180 Å². The number of nitro groups is 1. The lowest BCUT2D eigenvalue weighted by Gasteiger charge is -2.10. The highest BCUT2D eigenvalue weighted by Gasteiger charge is 2.18. The lowest BCUT2D eigenvalue weighted by molar-refractivity contribution is -0.384. The van der Waals surface area contributed by atoms with E-state index in [2.05, 4.69) is 14.9 Å². The molecule has 0 spiro atoms. The summed E-state index contributed by atoms with van der Waals surface area (Å²) in [5, 5.41) is 20.2. The first-order chi connectivity index (χ1) is 15.1. The molecule has 0 aliphatic heterocycles. The zero-order valence-electron chi connectivity index (χ0n) is 16.3. The van der Waals surface area contributed by atoms with Crippen LogP contribution in [0.5, 0.6) is 0 Å². The number of benzene rings is 2. The second-order valence-electron chi connectivity index (χ2n) is 6.33. The molecule has 31 heavy (non-hydrogen) atoms. The fourth-order valence-corrected chi connectivity index (χ4v) is 3.74. The van der Waals surface area contributed by atoms with Gasteiger partial charge in [-0.05, 0) is 36.4 Å². The van der Waals surface area contributed by atoms with Crippen molar-refractivity contribution < 1.29 is 18.9 Å². The second kappa shape index (κ2) is 8.84. The molecule has 156 valence electrons. The van der Waals surface area contributed by atoms with Gasteiger partial charge in [-0.3, -0.25) is 14.7 Å². The minimum absolute atomic E-state index is 0.00311. The molecule has 4 aromatic rings. The van der Waals surface area contributed by atoms with Crippen LogP contribution >= 0.6 is 11.8 Å². The molecule has 0 amide bonds. The summed E-state index contributed by atoms with van der Waals surface area (Å²) in [5.74, 6) is 1.16. The predicted molar refractivity (Wildman–Crippen MR) is 113 cm³/mol. The number of methoxy groups -OCH3 is 1. The lowest BCUT2D eigenvalue weighted by Crippen LogP contribution is -2.00. The lowest BCUT2D eigenvalue weighted by atomic mass is 10.2. The maximum Gasteiger partial charge on any atom is 0.373 e. The Balaban J connectivity index is 1.66. The van der Waals surface area contributed by atoms with Crippen molar-refractivity contribution in [2.45, 2.75) is 10.9 Å². The molecule has 4 rings (SSSR count). The topological polar surface area (TPSA) is 113 Å². The van der Waals surface area contributed by atoms with E-state index in [1.165, 1.54) is 31.0 Å². The van der Waals surface area contributed by atoms with E-state index >= 15 is 0 Å². The van der Waals surface area contributed by atoms with E-state index in [-0.39, 0.29) is 11.4 Å². The number of thioether (sulfide) groups is 1. The first-order valence-electron chi connectivity index (χ1n) is 9.12. The fourth-order valence-electron chi connectivity index (χ4n) is 2.89. The molecular weight excluding hydrogens is 420 g/mol. The zero-order chi connectivity index (χ0) is 21.8. The van der Waals surface area contributed by atoms with E-state index in [4.69, 9.17) is 4.42 Å². The van der Waals surface area contributed by atoms with Crippen LogP contribution in [0.15, 0.2) is 76.3 Å². The van der Waals surface area contributed by atoms with Crippen LogP contribution in [-0.2, 0) is 10.5 Å². The van der Waals surface area contributed by atoms with Gasteiger partial charge in [-0.1, -0.05) is 30.0 Å². The average Bonchev–Trinajstić information content (AvgIpc) is 3.45. The SMILES string of the molecule is COC(=O)c1ccc(CSc2nnc(-c3ccc([N+](=O)[O-])cc3)n2-c2ccccc2)o1. The molecule has 2 aromatic heterocycles. The third-order valence-corrected chi connectivity index (χ3v) is 5.33. The van der Waals surface area contributed by atoms with E-state index in [1.54, 1.807) is 24.3 Å². The van der Waals surface area contributed by atoms with Crippen molar-refractivity contribution in [3.8, 4) is 17.1 Å². The third-order valence-electron chi connectivity index (χ3n) is 4.38. The molecule has 0 unspecified atom stereocenters. The zero-order valence-corrected chi connectivity index (χ0v) is 17.1. The smallest absolute Gasteiger partial charge is 0.373 e. The number of esters is 1. The Bertz CT molecular complexity index is 1220. The third kappa shape index (κ3) is 4.33. The summed E-state index contributed by atoms with van der Waals surface area (Å²) in [6.45, 7) is 0. The number of para-hydroxylation sites is 1. The summed E-state index contributed by atoms with van der Waals surface area (Å²) in [7, 11) is 1.29. The van der Waals surface area contributed by atoms with Gasteiger partial charge < -0.3 is 9.15 Å². The van der Waals surface area contributed by atoms with Gasteiger partial charge in [-0.25, -0.2) is 4.79 Å². The van der Waals surface area contributed by atoms with Gasteiger partial charge in [0.05, 0.1) is 17.8 Å². The number of nitrogens with zero attached hydrogens (tertiary/aromatic N) is 4. The Morgan fingerprint density at radius 1 is 1.10 bits per heavy atom. The van der Waals surface area contributed by atoms with Crippen molar-refractivity contribution in [3.63, 3.8) is 0 Å². The number of aromatic nitrogens is 3. The summed E-state index contributed by atoms with van der Waals surface area (Å²) in [6.07, 6.45) is 0. The highest BCUT2D eigenvalue weighted by Crippen LogP contribution is 2.30. The van der Waals surface area contributed by atoms with Gasteiger partial charge in [0, 0.05) is 23.4 Å². The Hall–Kier alpha value is -3.92. The summed E-state index contributed by atoms with van der Waals surface area (Å²) in [6, 6.07) is 19.0. The molecule has 0 saturated heterocycles. The van der Waals surface area contributed by atoms with Crippen LogP contribution in [0.4, 0.5) is 5.69 Å². The number of rotatable bonds is 7. The fraction of sp³-hybridized carbons (Fsp3) is 0.0952. The highest BCUT2D eigenvalue weighted by atomic mass is 32.2. The first-order valence-corrected chi connectivity index (χ1v) is 10.1. The van der Waals surface area contributed by atoms with Crippen molar-refractivity contribution in [3.05, 3.63) is 88.4 Å². The Morgan fingerprint density at radius 3 is 2.52 bits per heavy atom. The van der Waals surface area contributed by atoms with Crippen LogP contribution in [0, 0.1) is 10.1 Å². The van der Waals surface area contributed by atoms with Gasteiger partial charge in [0.2, 0.25) is 5.76 Å². The van der Waals surface area contributed by atoms with Gasteiger partial charge in [0.25, 0.3) is 5.69 Å². The minimum atomic E-state index is -0.538. The monoisotopic (exact) mass is 436 g/mol. The molecule has 10 heteroatoms. The van der Waals surface area contributed by atoms with Gasteiger partial charge in [-0.15, -0.1) is 10.2 Å². The summed E-state index contributed by atoms with van der Waals surface area (Å²) < 4.78 is 12.0.